The van der Waals surface area contributed by atoms with Gasteiger partial charge in [0.15, 0.2) is 0 Å². The van der Waals surface area contributed by atoms with Crippen LogP contribution in [0.3, 0.4) is 0 Å². The molecule has 0 N–H and O–H groups in total. The van der Waals surface area contributed by atoms with Crippen molar-refractivity contribution in [2.75, 3.05) is 0 Å². The van der Waals surface area contributed by atoms with Crippen molar-refractivity contribution >= 4 is 16.1 Å². The molecule has 0 aromatic carbocycles. The van der Waals surface area contributed by atoms with Crippen LogP contribution in [-0.2, 0) is 0 Å². The van der Waals surface area contributed by atoms with E-state index in [2.05, 4.69) is 73.4 Å². The first-order valence-corrected chi connectivity index (χ1v) is 12.2. The summed E-state index contributed by atoms with van der Waals surface area (Å²) >= 11 is 0. The third kappa shape index (κ3) is 3.74. The maximum Gasteiger partial charge on any atom is 0.0529 e. The molecule has 0 amide bonds. The Morgan fingerprint density at radius 3 is 0.933 bits per heavy atom. The second-order valence-electron chi connectivity index (χ2n) is 8.09. The topological polar surface area (TPSA) is 0 Å². The van der Waals surface area contributed by atoms with E-state index in [9.17, 15) is 0 Å². The number of rotatable bonds is 2. The quantitative estimate of drug-likeness (QED) is 0.578. The normalized spacial score (nSPS) is 15.6. The number of hydrogen-bond donors (Lipinski definition) is 0. The van der Waals surface area contributed by atoms with E-state index in [1.165, 1.54) is 0 Å². The monoisotopic (exact) mass is 243 g/mol. The summed E-state index contributed by atoms with van der Waals surface area (Å²) in [5.74, 6) is 0. The first kappa shape index (κ1) is 15.4. The molecule has 0 aliphatic rings. The van der Waals surface area contributed by atoms with E-state index >= 15 is 0 Å². The molecule has 0 rings (SSSR count). The van der Waals surface area contributed by atoms with Gasteiger partial charge in [0.25, 0.3) is 0 Å². The third-order valence-corrected chi connectivity index (χ3v) is 18.1. The molecule has 91 valence electrons. The van der Waals surface area contributed by atoms with Gasteiger partial charge in [-0.1, -0.05) is 73.4 Å². The van der Waals surface area contributed by atoms with E-state index < -0.39 is 16.1 Å². The van der Waals surface area contributed by atoms with Gasteiger partial charge in [0, 0.05) is 0 Å². The predicted octanol–water partition coefficient (Wildman–Crippen LogP) is 5.29. The van der Waals surface area contributed by atoms with Crippen LogP contribution in [0.15, 0.2) is 0 Å². The van der Waals surface area contributed by atoms with Crippen molar-refractivity contribution in [1.29, 1.82) is 0 Å². The highest BCUT2D eigenvalue weighted by Crippen LogP contribution is 2.45. The van der Waals surface area contributed by atoms with Gasteiger partial charge in [-0.25, -0.2) is 0 Å². The SMILES string of the molecule is CC(C)(C)[Si](C)(C)[CH][Si](C)(C)C(C)(C)C. The van der Waals surface area contributed by atoms with Crippen LogP contribution in [0.2, 0.25) is 36.3 Å². The number of hydrogen-bond acceptors (Lipinski definition) is 0. The van der Waals surface area contributed by atoms with Crippen molar-refractivity contribution in [1.82, 2.24) is 0 Å². The Morgan fingerprint density at radius 2 is 0.800 bits per heavy atom. The lowest BCUT2D eigenvalue weighted by Crippen LogP contribution is -2.51. The molecule has 0 aromatic heterocycles. The summed E-state index contributed by atoms with van der Waals surface area (Å²) in [6, 6.07) is 0. The van der Waals surface area contributed by atoms with Crippen molar-refractivity contribution in [3.05, 3.63) is 5.67 Å². The summed E-state index contributed by atoms with van der Waals surface area (Å²) in [7, 11) is -2.43. The first-order valence-electron chi connectivity index (χ1n) is 6.08. The van der Waals surface area contributed by atoms with Crippen molar-refractivity contribution in [3.63, 3.8) is 0 Å². The smallest absolute Gasteiger partial charge is 0.0529 e. The zero-order valence-electron chi connectivity index (χ0n) is 12.6. The van der Waals surface area contributed by atoms with Gasteiger partial charge in [-0.05, 0) is 10.1 Å². The fraction of sp³-hybridized carbons (Fsp3) is 0.923. The van der Waals surface area contributed by atoms with E-state index in [-0.39, 0.29) is 0 Å². The standard InChI is InChI=1S/C13H31Si2/c1-12(2,3)14(7,8)11-15(9,10)13(4,5)6/h11H,1-10H3. The van der Waals surface area contributed by atoms with Gasteiger partial charge in [-0.2, -0.15) is 0 Å². The Bertz CT molecular complexity index is 190. The van der Waals surface area contributed by atoms with E-state index in [1.807, 2.05) is 0 Å². The average molecular weight is 244 g/mol. The molecule has 0 saturated heterocycles. The molecule has 0 spiro atoms. The van der Waals surface area contributed by atoms with Crippen LogP contribution in [0.5, 0.6) is 0 Å². The summed E-state index contributed by atoms with van der Waals surface area (Å²) in [5.41, 5.74) is 2.82. The minimum absolute atomic E-state index is 0.489. The van der Waals surface area contributed by atoms with Gasteiger partial charge < -0.3 is 0 Å². The van der Waals surface area contributed by atoms with Crippen molar-refractivity contribution < 1.29 is 0 Å². The Morgan fingerprint density at radius 1 is 0.600 bits per heavy atom. The van der Waals surface area contributed by atoms with E-state index in [0.29, 0.717) is 10.1 Å². The molecule has 0 aromatic rings. The molecular formula is C13H31Si2. The van der Waals surface area contributed by atoms with E-state index in [0.717, 1.165) is 0 Å². The van der Waals surface area contributed by atoms with Crippen LogP contribution in [0.25, 0.3) is 0 Å². The van der Waals surface area contributed by atoms with Crippen LogP contribution in [0.4, 0.5) is 0 Å². The summed E-state index contributed by atoms with van der Waals surface area (Å²) < 4.78 is 0. The fourth-order valence-corrected chi connectivity index (χ4v) is 12.0. The van der Waals surface area contributed by atoms with Crippen LogP contribution >= 0.6 is 0 Å². The zero-order valence-corrected chi connectivity index (χ0v) is 14.6. The molecule has 0 aliphatic carbocycles. The highest BCUT2D eigenvalue weighted by Gasteiger charge is 2.45. The molecule has 0 fully saturated rings. The Labute approximate surface area is 99.9 Å². The molecule has 0 unspecified atom stereocenters. The molecule has 1 radical (unpaired) electrons. The van der Waals surface area contributed by atoms with Crippen molar-refractivity contribution in [2.24, 2.45) is 0 Å². The second kappa shape index (κ2) is 4.03. The van der Waals surface area contributed by atoms with Gasteiger partial charge in [-0.15, -0.1) is 0 Å². The van der Waals surface area contributed by atoms with Crippen LogP contribution in [0.1, 0.15) is 41.5 Å². The summed E-state index contributed by atoms with van der Waals surface area (Å²) in [6.07, 6.45) is 0. The van der Waals surface area contributed by atoms with Gasteiger partial charge >= 0.3 is 0 Å². The Hall–Kier alpha value is 0.434. The maximum absolute atomic E-state index is 2.82. The predicted molar refractivity (Wildman–Crippen MR) is 78.7 cm³/mol. The zero-order chi connectivity index (χ0) is 12.7. The van der Waals surface area contributed by atoms with Gasteiger partial charge in [0.1, 0.15) is 0 Å². The summed E-state index contributed by atoms with van der Waals surface area (Å²) in [5, 5.41) is 0.977. The Kier molecular flexibility index (Phi) is 4.14. The molecule has 0 atom stereocenters. The molecular weight excluding hydrogens is 212 g/mol. The van der Waals surface area contributed by atoms with Crippen LogP contribution < -0.4 is 0 Å². The largest absolute Gasteiger partial charge is 0.0690 e. The minimum Gasteiger partial charge on any atom is -0.0690 e. The first-order chi connectivity index (χ1) is 6.21. The molecule has 0 aliphatic heterocycles. The van der Waals surface area contributed by atoms with Gasteiger partial charge in [0.05, 0.1) is 16.1 Å². The third-order valence-electron chi connectivity index (χ3n) is 4.59. The Balaban J connectivity index is 4.89. The highest BCUT2D eigenvalue weighted by atomic mass is 28.4. The molecule has 0 heterocycles. The van der Waals surface area contributed by atoms with E-state index in [1.54, 1.807) is 0 Å². The van der Waals surface area contributed by atoms with Crippen molar-refractivity contribution in [2.45, 2.75) is 77.8 Å². The lowest BCUT2D eigenvalue weighted by atomic mass is 10.2. The maximum atomic E-state index is 2.82. The van der Waals surface area contributed by atoms with Gasteiger partial charge in [-0.3, -0.25) is 0 Å². The highest BCUT2D eigenvalue weighted by molar-refractivity contribution is 7.02. The van der Waals surface area contributed by atoms with E-state index in [4.69, 9.17) is 0 Å². The second-order valence-corrected chi connectivity index (χ2v) is 19.1. The average Bonchev–Trinajstić information content (AvgIpc) is 1.77. The molecule has 0 saturated carbocycles. The minimum atomic E-state index is -1.21. The fourth-order valence-electron chi connectivity index (χ4n) is 1.34. The molecule has 0 nitrogen and oxygen atoms in total. The van der Waals surface area contributed by atoms with Crippen LogP contribution in [0, 0.1) is 5.67 Å². The van der Waals surface area contributed by atoms with Crippen LogP contribution in [-0.4, -0.2) is 16.1 Å². The lowest BCUT2D eigenvalue weighted by Gasteiger charge is -2.46. The molecule has 0 bridgehead atoms. The summed E-state index contributed by atoms with van der Waals surface area (Å²) in [6.45, 7) is 24.5. The lowest BCUT2D eigenvalue weighted by molar-refractivity contribution is 0.712. The summed E-state index contributed by atoms with van der Waals surface area (Å²) in [4.78, 5) is 0. The molecule has 15 heavy (non-hydrogen) atoms. The van der Waals surface area contributed by atoms with Gasteiger partial charge in [0.2, 0.25) is 0 Å². The van der Waals surface area contributed by atoms with Crippen molar-refractivity contribution in [3.8, 4) is 0 Å². The molecule has 2 heteroatoms.